The molecule has 13 rings (SSSR count). The van der Waals surface area contributed by atoms with Crippen molar-refractivity contribution in [2.45, 2.75) is 0 Å². The van der Waals surface area contributed by atoms with Gasteiger partial charge in [-0.1, -0.05) is 133 Å². The van der Waals surface area contributed by atoms with Crippen molar-refractivity contribution in [1.82, 2.24) is 9.13 Å². The third-order valence-electron chi connectivity index (χ3n) is 12.6. The van der Waals surface area contributed by atoms with Crippen molar-refractivity contribution in [3.8, 4) is 55.9 Å². The van der Waals surface area contributed by atoms with Crippen LogP contribution in [0, 0.1) is 0 Å². The summed E-state index contributed by atoms with van der Waals surface area (Å²) in [5.41, 5.74) is 17.2. The lowest BCUT2D eigenvalue weighted by Gasteiger charge is -2.14. The predicted molar refractivity (Wildman–Crippen MR) is 245 cm³/mol. The van der Waals surface area contributed by atoms with Crippen molar-refractivity contribution in [2.75, 3.05) is 0 Å². The summed E-state index contributed by atoms with van der Waals surface area (Å²) >= 11 is 0. The Hall–Kier alpha value is -7.68. The lowest BCUT2D eigenvalue weighted by atomic mass is 9.89. The number of aromatic nitrogens is 2. The molecule has 1 aliphatic heterocycles. The van der Waals surface area contributed by atoms with Crippen LogP contribution in [0.25, 0.3) is 121 Å². The van der Waals surface area contributed by atoms with Crippen molar-refractivity contribution < 1.29 is 0 Å². The summed E-state index contributed by atoms with van der Waals surface area (Å²) in [6.45, 7) is 0. The van der Waals surface area contributed by atoms with Crippen molar-refractivity contribution in [3.63, 3.8) is 0 Å². The molecule has 0 saturated carbocycles. The SMILES string of the molecule is c1ccc2c(c1)-c1cc3ccccc3cc1-c1cc(-c3ccc4c(c3)c3ccccc3n4-c3ccc(-c4ccc5ccccc5c4)cc3)cc3c4ccccc4n-2c13. The van der Waals surface area contributed by atoms with E-state index in [9.17, 15) is 0 Å². The Bertz CT molecular complexity index is 3670. The van der Waals surface area contributed by atoms with Gasteiger partial charge in [0.05, 0.1) is 27.8 Å². The lowest BCUT2D eigenvalue weighted by Crippen LogP contribution is -1.95. The Morgan fingerprint density at radius 3 is 1.57 bits per heavy atom. The molecule has 0 N–H and O–H groups in total. The van der Waals surface area contributed by atoms with E-state index < -0.39 is 0 Å². The van der Waals surface area contributed by atoms with Crippen LogP contribution in [-0.2, 0) is 0 Å². The van der Waals surface area contributed by atoms with Crippen LogP contribution < -0.4 is 0 Å². The Balaban J connectivity index is 1.02. The van der Waals surface area contributed by atoms with Crippen LogP contribution in [0.15, 0.2) is 206 Å². The Labute approximate surface area is 335 Å². The van der Waals surface area contributed by atoms with Gasteiger partial charge in [0, 0.05) is 38.4 Å². The number of para-hydroxylation sites is 3. The molecule has 12 aromatic rings. The number of hydrogen-bond donors (Lipinski definition) is 0. The average molecular weight is 735 g/mol. The standard InChI is InChI=1S/C56H34N2/c1-2-12-37-29-40(22-21-35(37)11-1)36-23-26-43(27-24-36)57-52-18-8-6-16-45(52)49-32-41(25-28-55(49)57)42-33-50-46-17-7-10-20-54(46)58-53-19-9-5-15-44(53)47-30-38-13-3-4-14-39(38)31-48(47)51(34-42)56(50)58/h1-34H. The van der Waals surface area contributed by atoms with Crippen molar-refractivity contribution in [2.24, 2.45) is 0 Å². The quantitative estimate of drug-likeness (QED) is 0.171. The maximum Gasteiger partial charge on any atom is 0.0620 e. The zero-order valence-electron chi connectivity index (χ0n) is 31.5. The largest absolute Gasteiger partial charge is 0.309 e. The highest BCUT2D eigenvalue weighted by Gasteiger charge is 2.26. The third kappa shape index (κ3) is 4.48. The van der Waals surface area contributed by atoms with Crippen molar-refractivity contribution in [1.29, 1.82) is 0 Å². The van der Waals surface area contributed by atoms with E-state index in [1.165, 1.54) is 115 Å². The van der Waals surface area contributed by atoms with Crippen LogP contribution in [0.1, 0.15) is 0 Å². The van der Waals surface area contributed by atoms with Crippen LogP contribution in [-0.4, -0.2) is 9.13 Å². The molecule has 10 aromatic carbocycles. The van der Waals surface area contributed by atoms with Crippen molar-refractivity contribution in [3.05, 3.63) is 206 Å². The molecule has 268 valence electrons. The number of nitrogens with zero attached hydrogens (tertiary/aromatic N) is 2. The molecule has 0 amide bonds. The molecule has 0 saturated heterocycles. The zero-order valence-corrected chi connectivity index (χ0v) is 31.5. The Morgan fingerprint density at radius 1 is 0.259 bits per heavy atom. The minimum atomic E-state index is 1.15. The third-order valence-corrected chi connectivity index (χ3v) is 12.6. The molecule has 0 atom stereocenters. The molecule has 2 nitrogen and oxygen atoms in total. The maximum atomic E-state index is 2.51. The number of benzene rings is 10. The van der Waals surface area contributed by atoms with E-state index >= 15 is 0 Å². The van der Waals surface area contributed by atoms with Gasteiger partial charge in [0.2, 0.25) is 0 Å². The molecule has 0 radical (unpaired) electrons. The van der Waals surface area contributed by atoms with Crippen molar-refractivity contribution >= 4 is 65.2 Å². The minimum Gasteiger partial charge on any atom is -0.309 e. The van der Waals surface area contributed by atoms with Gasteiger partial charge >= 0.3 is 0 Å². The molecular weight excluding hydrogens is 701 g/mol. The summed E-state index contributed by atoms with van der Waals surface area (Å²) < 4.78 is 4.92. The van der Waals surface area contributed by atoms with E-state index in [1.54, 1.807) is 0 Å². The smallest absolute Gasteiger partial charge is 0.0620 e. The van der Waals surface area contributed by atoms with Crippen LogP contribution in [0.3, 0.4) is 0 Å². The van der Waals surface area contributed by atoms with E-state index in [1.807, 2.05) is 0 Å². The van der Waals surface area contributed by atoms with Gasteiger partial charge in [0.25, 0.3) is 0 Å². The summed E-state index contributed by atoms with van der Waals surface area (Å²) in [5.74, 6) is 0. The molecule has 0 spiro atoms. The topological polar surface area (TPSA) is 9.86 Å². The maximum absolute atomic E-state index is 2.51. The molecule has 1 aliphatic rings. The van der Waals surface area contributed by atoms with Crippen LogP contribution >= 0.6 is 0 Å². The van der Waals surface area contributed by atoms with E-state index in [0.717, 1.165) is 5.69 Å². The first kappa shape index (κ1) is 31.5. The minimum absolute atomic E-state index is 1.15. The van der Waals surface area contributed by atoms with E-state index in [4.69, 9.17) is 0 Å². The summed E-state index contributed by atoms with van der Waals surface area (Å²) in [6.07, 6.45) is 0. The molecule has 0 aliphatic carbocycles. The lowest BCUT2D eigenvalue weighted by molar-refractivity contribution is 1.18. The van der Waals surface area contributed by atoms with E-state index in [0.29, 0.717) is 0 Å². The second-order valence-corrected chi connectivity index (χ2v) is 15.7. The first-order valence-corrected chi connectivity index (χ1v) is 20.1. The number of hydrogen-bond acceptors (Lipinski definition) is 0. The van der Waals surface area contributed by atoms with Gasteiger partial charge in [0.15, 0.2) is 0 Å². The molecule has 2 aromatic heterocycles. The Morgan fingerprint density at radius 2 is 0.793 bits per heavy atom. The molecule has 0 bridgehead atoms. The average Bonchev–Trinajstić information content (AvgIpc) is 3.77. The van der Waals surface area contributed by atoms with Crippen LogP contribution in [0.4, 0.5) is 0 Å². The number of fused-ring (bicyclic) bond motifs is 13. The molecule has 3 heterocycles. The molecule has 0 unspecified atom stereocenters. The van der Waals surface area contributed by atoms with E-state index in [2.05, 4.69) is 215 Å². The molecule has 0 fully saturated rings. The highest BCUT2D eigenvalue weighted by Crippen LogP contribution is 2.49. The fraction of sp³-hybridized carbons (Fsp3) is 0. The second-order valence-electron chi connectivity index (χ2n) is 15.7. The monoisotopic (exact) mass is 734 g/mol. The van der Waals surface area contributed by atoms with Gasteiger partial charge in [-0.05, 0) is 128 Å². The van der Waals surface area contributed by atoms with Gasteiger partial charge in [-0.25, -0.2) is 0 Å². The summed E-state index contributed by atoms with van der Waals surface area (Å²) in [5, 5.41) is 10.1. The van der Waals surface area contributed by atoms with E-state index in [-0.39, 0.29) is 0 Å². The molecule has 2 heteroatoms. The molecule has 58 heavy (non-hydrogen) atoms. The van der Waals surface area contributed by atoms with Gasteiger partial charge in [-0.3, -0.25) is 0 Å². The summed E-state index contributed by atoms with van der Waals surface area (Å²) in [7, 11) is 0. The summed E-state index contributed by atoms with van der Waals surface area (Å²) in [4.78, 5) is 0. The van der Waals surface area contributed by atoms with Gasteiger partial charge in [0.1, 0.15) is 0 Å². The predicted octanol–water partition coefficient (Wildman–Crippen LogP) is 15.2. The number of rotatable bonds is 3. The molecular formula is C56H34N2. The van der Waals surface area contributed by atoms with Crippen LogP contribution in [0.5, 0.6) is 0 Å². The van der Waals surface area contributed by atoms with Crippen LogP contribution in [0.2, 0.25) is 0 Å². The summed E-state index contributed by atoms with van der Waals surface area (Å²) in [6, 6.07) is 76.5. The fourth-order valence-electron chi connectivity index (χ4n) is 9.90. The van der Waals surface area contributed by atoms with Gasteiger partial charge < -0.3 is 9.13 Å². The normalized spacial score (nSPS) is 12.1. The highest BCUT2D eigenvalue weighted by atomic mass is 15.0. The first-order valence-electron chi connectivity index (χ1n) is 20.1. The highest BCUT2D eigenvalue weighted by molar-refractivity contribution is 6.19. The second kappa shape index (κ2) is 11.9. The van der Waals surface area contributed by atoms with Gasteiger partial charge in [-0.15, -0.1) is 0 Å². The zero-order chi connectivity index (χ0) is 37.9. The fourth-order valence-corrected chi connectivity index (χ4v) is 9.90. The Kier molecular flexibility index (Phi) is 6.47. The van der Waals surface area contributed by atoms with Gasteiger partial charge in [-0.2, -0.15) is 0 Å². The first-order chi connectivity index (χ1) is 28.7.